The van der Waals surface area contributed by atoms with E-state index in [4.69, 9.17) is 14.2 Å². The maximum atomic E-state index is 12.1. The van der Waals surface area contributed by atoms with Crippen molar-refractivity contribution >= 4 is 28.5 Å². The maximum Gasteiger partial charge on any atom is 0.250 e. The second-order valence-corrected chi connectivity index (χ2v) is 6.53. The van der Waals surface area contributed by atoms with E-state index in [0.717, 1.165) is 11.1 Å². The third-order valence-electron chi connectivity index (χ3n) is 3.82. The summed E-state index contributed by atoms with van der Waals surface area (Å²) < 4.78 is 15.9. The predicted molar refractivity (Wildman–Crippen MR) is 102 cm³/mol. The minimum absolute atomic E-state index is 0.217. The summed E-state index contributed by atoms with van der Waals surface area (Å²) in [6.07, 6.45) is 3.13. The maximum absolute atomic E-state index is 12.1. The highest BCUT2D eigenvalue weighted by Crippen LogP contribution is 2.34. The molecule has 0 fully saturated rings. The van der Waals surface area contributed by atoms with Crippen LogP contribution in [0.15, 0.2) is 48.5 Å². The van der Waals surface area contributed by atoms with Crippen LogP contribution in [0.4, 0.5) is 5.13 Å². The molecule has 1 amide bonds. The lowest BCUT2D eigenvalue weighted by molar-refractivity contribution is -0.111. The Labute approximate surface area is 159 Å². The van der Waals surface area contributed by atoms with E-state index in [9.17, 15) is 4.79 Å². The second kappa shape index (κ2) is 7.46. The lowest BCUT2D eigenvalue weighted by atomic mass is 10.2. The van der Waals surface area contributed by atoms with Crippen molar-refractivity contribution in [1.82, 2.24) is 10.2 Å². The van der Waals surface area contributed by atoms with Crippen LogP contribution in [0.1, 0.15) is 5.56 Å². The number of ether oxygens (including phenoxy) is 3. The number of carbonyl (C=O) groups is 1. The average Bonchev–Trinajstić information content (AvgIpc) is 3.35. The zero-order valence-corrected chi connectivity index (χ0v) is 15.2. The van der Waals surface area contributed by atoms with Gasteiger partial charge in [0.25, 0.3) is 0 Å². The van der Waals surface area contributed by atoms with Crippen LogP contribution in [-0.2, 0) is 4.79 Å². The topological polar surface area (TPSA) is 82.6 Å². The molecular formula is C19H15N3O4S. The molecule has 1 aromatic heterocycles. The van der Waals surface area contributed by atoms with Gasteiger partial charge in [0.15, 0.2) is 16.5 Å². The van der Waals surface area contributed by atoms with Crippen molar-refractivity contribution in [2.75, 3.05) is 19.2 Å². The first-order chi connectivity index (χ1) is 13.2. The molecule has 27 heavy (non-hydrogen) atoms. The number of fused-ring (bicyclic) bond motifs is 1. The monoisotopic (exact) mass is 381 g/mol. The second-order valence-electron chi connectivity index (χ2n) is 5.55. The van der Waals surface area contributed by atoms with Crippen LogP contribution >= 0.6 is 11.3 Å². The Kier molecular flexibility index (Phi) is 4.71. The first-order valence-electron chi connectivity index (χ1n) is 8.08. The molecule has 0 atom stereocenters. The van der Waals surface area contributed by atoms with Crippen LogP contribution in [0.2, 0.25) is 0 Å². The Morgan fingerprint density at radius 2 is 2.04 bits per heavy atom. The molecule has 0 radical (unpaired) electrons. The minimum Gasteiger partial charge on any atom is -0.496 e. The average molecular weight is 381 g/mol. The number of hydrogen-bond acceptors (Lipinski definition) is 7. The molecule has 0 saturated heterocycles. The summed E-state index contributed by atoms with van der Waals surface area (Å²) in [6, 6.07) is 13.0. The molecule has 1 N–H and O–H groups in total. The summed E-state index contributed by atoms with van der Waals surface area (Å²) in [7, 11) is 1.60. The van der Waals surface area contributed by atoms with Crippen molar-refractivity contribution in [2.24, 2.45) is 0 Å². The van der Waals surface area contributed by atoms with Crippen molar-refractivity contribution in [3.05, 3.63) is 54.1 Å². The van der Waals surface area contributed by atoms with Gasteiger partial charge in [0.1, 0.15) is 5.75 Å². The summed E-state index contributed by atoms with van der Waals surface area (Å²) in [5, 5.41) is 11.9. The zero-order chi connectivity index (χ0) is 18.6. The van der Waals surface area contributed by atoms with Gasteiger partial charge in [-0.15, -0.1) is 10.2 Å². The normalized spacial score (nSPS) is 12.3. The number of hydrogen-bond donors (Lipinski definition) is 1. The van der Waals surface area contributed by atoms with E-state index >= 15 is 0 Å². The molecule has 136 valence electrons. The fourth-order valence-electron chi connectivity index (χ4n) is 2.54. The molecule has 0 unspecified atom stereocenters. The summed E-state index contributed by atoms with van der Waals surface area (Å²) in [5.74, 6) is 1.78. The Balaban J connectivity index is 1.44. The molecule has 4 rings (SSSR count). The van der Waals surface area contributed by atoms with E-state index in [1.807, 2.05) is 42.5 Å². The Hall–Kier alpha value is -3.39. The number of amides is 1. The lowest BCUT2D eigenvalue weighted by Crippen LogP contribution is -2.07. The smallest absolute Gasteiger partial charge is 0.250 e. The van der Waals surface area contributed by atoms with Crippen LogP contribution in [0.25, 0.3) is 16.6 Å². The summed E-state index contributed by atoms with van der Waals surface area (Å²) in [6.45, 7) is 0.217. The van der Waals surface area contributed by atoms with Gasteiger partial charge in [0.2, 0.25) is 17.8 Å². The molecule has 3 aromatic rings. The Morgan fingerprint density at radius 3 is 2.93 bits per heavy atom. The van der Waals surface area contributed by atoms with E-state index in [1.165, 1.54) is 17.4 Å². The highest BCUT2D eigenvalue weighted by atomic mass is 32.1. The number of para-hydroxylation sites is 1. The van der Waals surface area contributed by atoms with Crippen LogP contribution in [0, 0.1) is 0 Å². The van der Waals surface area contributed by atoms with Crippen molar-refractivity contribution in [1.29, 1.82) is 0 Å². The highest BCUT2D eigenvalue weighted by molar-refractivity contribution is 7.18. The minimum atomic E-state index is -0.296. The van der Waals surface area contributed by atoms with Gasteiger partial charge in [0.05, 0.1) is 12.7 Å². The molecule has 0 bridgehead atoms. The van der Waals surface area contributed by atoms with Crippen LogP contribution < -0.4 is 19.5 Å². The molecule has 2 heterocycles. The third-order valence-corrected chi connectivity index (χ3v) is 4.69. The number of methoxy groups -OCH3 is 1. The van der Waals surface area contributed by atoms with Gasteiger partial charge < -0.3 is 14.2 Å². The number of rotatable bonds is 5. The molecule has 1 aliphatic heterocycles. The van der Waals surface area contributed by atoms with Crippen LogP contribution in [0.3, 0.4) is 0 Å². The van der Waals surface area contributed by atoms with Gasteiger partial charge in [-0.3, -0.25) is 10.1 Å². The summed E-state index contributed by atoms with van der Waals surface area (Å²) >= 11 is 1.28. The number of aromatic nitrogens is 2. The van der Waals surface area contributed by atoms with E-state index in [-0.39, 0.29) is 12.7 Å². The molecule has 0 saturated carbocycles. The number of nitrogens with zero attached hydrogens (tertiary/aromatic N) is 2. The van der Waals surface area contributed by atoms with Gasteiger partial charge in [-0.05, 0) is 35.9 Å². The summed E-state index contributed by atoms with van der Waals surface area (Å²) in [4.78, 5) is 12.1. The molecule has 7 nitrogen and oxygen atoms in total. The van der Waals surface area contributed by atoms with Crippen LogP contribution in [0.5, 0.6) is 17.2 Å². The van der Waals surface area contributed by atoms with E-state index in [1.54, 1.807) is 13.2 Å². The van der Waals surface area contributed by atoms with E-state index in [0.29, 0.717) is 27.4 Å². The number of anilines is 1. The molecule has 0 spiro atoms. The number of nitrogens with one attached hydrogen (secondary N) is 1. The molecule has 0 aliphatic carbocycles. The van der Waals surface area contributed by atoms with Crippen molar-refractivity contribution in [3.63, 3.8) is 0 Å². The highest BCUT2D eigenvalue weighted by Gasteiger charge is 2.13. The quantitative estimate of drug-likeness (QED) is 0.680. The first kappa shape index (κ1) is 17.0. The van der Waals surface area contributed by atoms with Gasteiger partial charge in [-0.2, -0.15) is 0 Å². The SMILES string of the molecule is COc1ccccc1-c1nnc(NC(=O)/C=C\c2ccc3c(c2)OCO3)s1. The predicted octanol–water partition coefficient (Wildman–Crippen LogP) is 3.59. The molecule has 8 heteroatoms. The van der Waals surface area contributed by atoms with Crippen molar-refractivity contribution in [3.8, 4) is 27.8 Å². The summed E-state index contributed by atoms with van der Waals surface area (Å²) in [5.41, 5.74) is 1.66. The van der Waals surface area contributed by atoms with Gasteiger partial charge in [0, 0.05) is 6.08 Å². The lowest BCUT2D eigenvalue weighted by Gasteiger charge is -2.03. The zero-order valence-electron chi connectivity index (χ0n) is 14.3. The standard InChI is InChI=1S/C19H15N3O4S/c1-24-14-5-3-2-4-13(14)18-21-22-19(27-18)20-17(23)9-7-12-6-8-15-16(10-12)26-11-25-15/h2-10H,11H2,1H3,(H,20,22,23)/b9-7-. The van der Waals surface area contributed by atoms with E-state index in [2.05, 4.69) is 15.5 Å². The van der Waals surface area contributed by atoms with Crippen molar-refractivity contribution in [2.45, 2.75) is 0 Å². The third kappa shape index (κ3) is 3.75. The Bertz CT molecular complexity index is 1020. The van der Waals surface area contributed by atoms with Gasteiger partial charge in [-0.25, -0.2) is 0 Å². The van der Waals surface area contributed by atoms with Crippen LogP contribution in [-0.4, -0.2) is 30.0 Å². The molecule has 2 aromatic carbocycles. The van der Waals surface area contributed by atoms with Crippen molar-refractivity contribution < 1.29 is 19.0 Å². The number of carbonyl (C=O) groups excluding carboxylic acids is 1. The first-order valence-corrected chi connectivity index (χ1v) is 8.90. The van der Waals surface area contributed by atoms with Gasteiger partial charge in [-0.1, -0.05) is 29.5 Å². The largest absolute Gasteiger partial charge is 0.496 e. The number of benzene rings is 2. The Morgan fingerprint density at radius 1 is 1.19 bits per heavy atom. The molecular weight excluding hydrogens is 366 g/mol. The fraction of sp³-hybridized carbons (Fsp3) is 0.105. The molecule has 1 aliphatic rings. The van der Waals surface area contributed by atoms with E-state index < -0.39 is 0 Å². The fourth-order valence-corrected chi connectivity index (χ4v) is 3.32. The van der Waals surface area contributed by atoms with Gasteiger partial charge >= 0.3 is 0 Å².